The van der Waals surface area contributed by atoms with Crippen molar-refractivity contribution < 1.29 is 19.1 Å². The Morgan fingerprint density at radius 2 is 1.77 bits per heavy atom. The second-order valence-corrected chi connectivity index (χ2v) is 8.30. The predicted molar refractivity (Wildman–Crippen MR) is 137 cm³/mol. The first-order chi connectivity index (χ1) is 17.1. The molecule has 8 nitrogen and oxygen atoms in total. The van der Waals surface area contributed by atoms with Gasteiger partial charge in [0.15, 0.2) is 5.16 Å². The first kappa shape index (κ1) is 23.9. The van der Waals surface area contributed by atoms with Crippen molar-refractivity contribution >= 4 is 35.0 Å². The van der Waals surface area contributed by atoms with Gasteiger partial charge >= 0.3 is 0 Å². The van der Waals surface area contributed by atoms with Crippen LogP contribution in [0.4, 0.5) is 11.4 Å². The van der Waals surface area contributed by atoms with Crippen molar-refractivity contribution in [3.8, 4) is 17.2 Å². The second kappa shape index (κ2) is 11.3. The summed E-state index contributed by atoms with van der Waals surface area (Å²) in [5.41, 5.74) is 2.56. The third-order valence-electron chi connectivity index (χ3n) is 5.04. The molecular weight excluding hydrogens is 464 g/mol. The van der Waals surface area contributed by atoms with Crippen LogP contribution in [0.2, 0.25) is 0 Å². The van der Waals surface area contributed by atoms with Crippen LogP contribution in [-0.4, -0.2) is 41.3 Å². The molecule has 0 fully saturated rings. The largest absolute Gasteiger partial charge is 0.497 e. The summed E-state index contributed by atoms with van der Waals surface area (Å²) in [4.78, 5) is 29.7. The first-order valence-corrected chi connectivity index (χ1v) is 11.7. The highest BCUT2D eigenvalue weighted by molar-refractivity contribution is 7.99. The number of anilines is 2. The Morgan fingerprint density at radius 1 is 0.943 bits per heavy atom. The molecule has 0 radical (unpaired) electrons. The molecule has 9 heteroatoms. The number of rotatable bonds is 9. The van der Waals surface area contributed by atoms with Crippen LogP contribution in [0.5, 0.6) is 11.5 Å². The minimum Gasteiger partial charge on any atom is -0.497 e. The summed E-state index contributed by atoms with van der Waals surface area (Å²) in [6, 6.07) is 21.7. The number of ether oxygens (including phenoxy) is 2. The maximum Gasteiger partial charge on any atom is 0.255 e. The Bertz CT molecular complexity index is 1320. The molecule has 2 amide bonds. The lowest BCUT2D eigenvalue weighted by Gasteiger charge is -2.12. The molecule has 0 aliphatic heterocycles. The molecule has 0 bridgehead atoms. The molecular formula is C26H24N4O4S. The number of hydrogen-bond acceptors (Lipinski definition) is 6. The van der Waals surface area contributed by atoms with Crippen molar-refractivity contribution in [3.63, 3.8) is 0 Å². The highest BCUT2D eigenvalue weighted by Crippen LogP contribution is 2.29. The van der Waals surface area contributed by atoms with Crippen molar-refractivity contribution in [1.29, 1.82) is 0 Å². The summed E-state index contributed by atoms with van der Waals surface area (Å²) in [7, 11) is 3.10. The molecule has 4 aromatic rings. The van der Waals surface area contributed by atoms with Crippen molar-refractivity contribution in [1.82, 2.24) is 9.55 Å². The molecule has 1 aromatic heterocycles. The Morgan fingerprint density at radius 3 is 2.54 bits per heavy atom. The van der Waals surface area contributed by atoms with E-state index in [0.717, 1.165) is 11.4 Å². The zero-order valence-electron chi connectivity index (χ0n) is 19.2. The van der Waals surface area contributed by atoms with Crippen LogP contribution in [0.1, 0.15) is 10.4 Å². The Labute approximate surface area is 207 Å². The van der Waals surface area contributed by atoms with Crippen molar-refractivity contribution in [2.75, 3.05) is 30.6 Å². The van der Waals surface area contributed by atoms with Gasteiger partial charge in [-0.15, -0.1) is 0 Å². The molecule has 0 aliphatic carbocycles. The van der Waals surface area contributed by atoms with E-state index in [1.165, 1.54) is 18.9 Å². The lowest BCUT2D eigenvalue weighted by atomic mass is 10.2. The van der Waals surface area contributed by atoms with E-state index < -0.39 is 0 Å². The lowest BCUT2D eigenvalue weighted by molar-refractivity contribution is -0.113. The number of amides is 2. The van der Waals surface area contributed by atoms with E-state index in [4.69, 9.17) is 9.47 Å². The van der Waals surface area contributed by atoms with Gasteiger partial charge in [-0.3, -0.25) is 14.2 Å². The maximum atomic E-state index is 12.7. The first-order valence-electron chi connectivity index (χ1n) is 10.7. The number of nitrogens with zero attached hydrogens (tertiary/aromatic N) is 2. The van der Waals surface area contributed by atoms with E-state index in [9.17, 15) is 9.59 Å². The molecule has 4 rings (SSSR count). The van der Waals surface area contributed by atoms with E-state index in [2.05, 4.69) is 15.6 Å². The van der Waals surface area contributed by atoms with Gasteiger partial charge in [0.25, 0.3) is 5.91 Å². The van der Waals surface area contributed by atoms with E-state index in [1.54, 1.807) is 49.8 Å². The van der Waals surface area contributed by atoms with Gasteiger partial charge in [-0.05, 0) is 42.5 Å². The van der Waals surface area contributed by atoms with Crippen LogP contribution in [0, 0.1) is 0 Å². The summed E-state index contributed by atoms with van der Waals surface area (Å²) in [6.07, 6.45) is 3.45. The molecule has 0 saturated heterocycles. The molecule has 0 saturated carbocycles. The molecule has 35 heavy (non-hydrogen) atoms. The second-order valence-electron chi connectivity index (χ2n) is 7.35. The normalized spacial score (nSPS) is 10.5. The van der Waals surface area contributed by atoms with Crippen LogP contribution in [0.15, 0.2) is 90.3 Å². The number of nitrogens with one attached hydrogen (secondary N) is 2. The number of carbonyl (C=O) groups is 2. The van der Waals surface area contributed by atoms with Crippen LogP contribution in [0.25, 0.3) is 5.69 Å². The fraction of sp³-hybridized carbons (Fsp3) is 0.115. The van der Waals surface area contributed by atoms with E-state index in [0.29, 0.717) is 27.9 Å². The minimum atomic E-state index is -0.208. The Hall–Kier alpha value is -4.24. The van der Waals surface area contributed by atoms with Gasteiger partial charge in [0.2, 0.25) is 5.91 Å². The quantitative estimate of drug-likeness (QED) is 0.327. The number of thioether (sulfide) groups is 1. The summed E-state index contributed by atoms with van der Waals surface area (Å²) in [5, 5.41) is 6.36. The highest BCUT2D eigenvalue weighted by atomic mass is 32.2. The third kappa shape index (κ3) is 6.01. The van der Waals surface area contributed by atoms with Crippen LogP contribution < -0.4 is 20.1 Å². The van der Waals surface area contributed by atoms with E-state index in [1.807, 2.05) is 47.0 Å². The summed E-state index contributed by atoms with van der Waals surface area (Å²) in [6.45, 7) is 0. The molecule has 0 atom stereocenters. The van der Waals surface area contributed by atoms with Crippen LogP contribution >= 0.6 is 11.8 Å². The summed E-state index contributed by atoms with van der Waals surface area (Å²) in [5.74, 6) is 0.871. The number of methoxy groups -OCH3 is 2. The standard InChI is InChI=1S/C26H24N4O4S/c1-33-21-11-12-22(23(16-21)34-2)29-24(31)17-35-26-27-13-14-30(26)20-10-6-7-18(15-20)25(32)28-19-8-4-3-5-9-19/h3-16H,17H2,1-2H3,(H,28,32)(H,29,31). The number of aromatic nitrogens is 2. The Balaban J connectivity index is 1.42. The molecule has 178 valence electrons. The van der Waals surface area contributed by atoms with Gasteiger partial charge in [0.05, 0.1) is 25.7 Å². The van der Waals surface area contributed by atoms with Crippen molar-refractivity contribution in [2.24, 2.45) is 0 Å². The zero-order chi connectivity index (χ0) is 24.6. The third-order valence-corrected chi connectivity index (χ3v) is 6.01. The van der Waals surface area contributed by atoms with Gasteiger partial charge in [0.1, 0.15) is 11.5 Å². The fourth-order valence-electron chi connectivity index (χ4n) is 3.33. The summed E-state index contributed by atoms with van der Waals surface area (Å²) >= 11 is 1.29. The van der Waals surface area contributed by atoms with Crippen molar-refractivity contribution in [3.05, 3.63) is 90.8 Å². The molecule has 2 N–H and O–H groups in total. The van der Waals surface area contributed by atoms with Gasteiger partial charge in [-0.25, -0.2) is 4.98 Å². The molecule has 1 heterocycles. The minimum absolute atomic E-state index is 0.139. The number of hydrogen-bond donors (Lipinski definition) is 2. The number of carbonyl (C=O) groups excluding carboxylic acids is 2. The average molecular weight is 489 g/mol. The van der Waals surface area contributed by atoms with Crippen LogP contribution in [0.3, 0.4) is 0 Å². The van der Waals surface area contributed by atoms with Crippen LogP contribution in [-0.2, 0) is 4.79 Å². The Kier molecular flexibility index (Phi) is 7.69. The van der Waals surface area contributed by atoms with Gasteiger partial charge < -0.3 is 20.1 Å². The number of para-hydroxylation sites is 1. The van der Waals surface area contributed by atoms with E-state index >= 15 is 0 Å². The monoisotopic (exact) mass is 488 g/mol. The van der Waals surface area contributed by atoms with Crippen molar-refractivity contribution in [2.45, 2.75) is 5.16 Å². The zero-order valence-corrected chi connectivity index (χ0v) is 20.0. The maximum absolute atomic E-state index is 12.7. The topological polar surface area (TPSA) is 94.5 Å². The molecule has 0 aliphatic rings. The van der Waals surface area contributed by atoms with E-state index in [-0.39, 0.29) is 17.6 Å². The smallest absolute Gasteiger partial charge is 0.255 e. The number of benzene rings is 3. The SMILES string of the molecule is COc1ccc(NC(=O)CSc2nccn2-c2cccc(C(=O)Nc3ccccc3)c2)c(OC)c1. The molecule has 0 spiro atoms. The van der Waals surface area contributed by atoms with Gasteiger partial charge in [-0.1, -0.05) is 36.0 Å². The summed E-state index contributed by atoms with van der Waals surface area (Å²) < 4.78 is 12.4. The lowest BCUT2D eigenvalue weighted by Crippen LogP contribution is -2.15. The van der Waals surface area contributed by atoms with Gasteiger partial charge in [0, 0.05) is 35.4 Å². The fourth-order valence-corrected chi connectivity index (χ4v) is 4.11. The predicted octanol–water partition coefficient (Wildman–Crippen LogP) is 4.87. The molecule has 3 aromatic carbocycles. The van der Waals surface area contributed by atoms with Gasteiger partial charge in [-0.2, -0.15) is 0 Å². The average Bonchev–Trinajstić information content (AvgIpc) is 3.37. The highest BCUT2D eigenvalue weighted by Gasteiger charge is 2.13. The number of imidazole rings is 1. The molecule has 0 unspecified atom stereocenters.